The number of carbonyl (C=O) groups excluding carboxylic acids is 1. The molecule has 0 saturated heterocycles. The predicted molar refractivity (Wildman–Crippen MR) is 151 cm³/mol. The van der Waals surface area contributed by atoms with Crippen molar-refractivity contribution >= 4 is 22.5 Å². The second kappa shape index (κ2) is 11.1. The molecule has 0 fully saturated rings. The van der Waals surface area contributed by atoms with Crippen LogP contribution in [-0.4, -0.2) is 31.2 Å². The van der Waals surface area contributed by atoms with Crippen molar-refractivity contribution in [3.63, 3.8) is 0 Å². The second-order valence-corrected chi connectivity index (χ2v) is 9.78. The number of carbonyl (C=O) groups is 1. The molecule has 0 saturated carbocycles. The molecular weight excluding hydrogens is 526 g/mol. The quantitative estimate of drug-likeness (QED) is 0.278. The van der Waals surface area contributed by atoms with Crippen LogP contribution in [0.4, 0.5) is 0 Å². The minimum atomic E-state index is -0.490. The zero-order chi connectivity index (χ0) is 28.3. The average Bonchev–Trinajstić information content (AvgIpc) is 3.46. The van der Waals surface area contributed by atoms with Gasteiger partial charge in [-0.3, -0.25) is 27.9 Å². The summed E-state index contributed by atoms with van der Waals surface area (Å²) in [5, 5.41) is 3.28. The molecule has 41 heavy (non-hydrogen) atoms. The number of pyridine rings is 1. The lowest BCUT2D eigenvalue weighted by Crippen LogP contribution is -2.40. The smallest absolute Gasteiger partial charge is 0.331 e. The van der Waals surface area contributed by atoms with Gasteiger partial charge in [-0.1, -0.05) is 24.3 Å². The van der Waals surface area contributed by atoms with Crippen LogP contribution in [0.1, 0.15) is 30.5 Å². The highest BCUT2D eigenvalue weighted by Crippen LogP contribution is 2.32. The molecule has 208 valence electrons. The van der Waals surface area contributed by atoms with Crippen LogP contribution in [-0.2, 0) is 24.4 Å². The van der Waals surface area contributed by atoms with Gasteiger partial charge in [-0.2, -0.15) is 0 Å². The summed E-state index contributed by atoms with van der Waals surface area (Å²) in [7, 11) is 0. The Hall–Kier alpha value is -5.19. The van der Waals surface area contributed by atoms with Gasteiger partial charge in [0.05, 0.1) is 23.1 Å². The largest absolute Gasteiger partial charge is 0.454 e. The zero-order valence-electron chi connectivity index (χ0n) is 22.1. The van der Waals surface area contributed by atoms with E-state index in [-0.39, 0.29) is 43.3 Å². The summed E-state index contributed by atoms with van der Waals surface area (Å²) in [6.45, 7) is 0.738. The van der Waals surface area contributed by atoms with E-state index in [4.69, 9.17) is 9.47 Å². The first-order chi connectivity index (χ1) is 20.0. The van der Waals surface area contributed by atoms with Crippen LogP contribution >= 0.6 is 0 Å². The summed E-state index contributed by atoms with van der Waals surface area (Å²) in [6.07, 6.45) is 2.84. The number of amides is 1. The van der Waals surface area contributed by atoms with Crippen molar-refractivity contribution in [2.45, 2.75) is 38.9 Å². The number of fused-ring (bicyclic) bond motifs is 3. The van der Waals surface area contributed by atoms with Crippen molar-refractivity contribution in [2.75, 3.05) is 6.79 Å². The van der Waals surface area contributed by atoms with Crippen LogP contribution in [0.5, 0.6) is 11.5 Å². The van der Waals surface area contributed by atoms with E-state index in [2.05, 4.69) is 10.3 Å². The van der Waals surface area contributed by atoms with E-state index in [9.17, 15) is 19.2 Å². The molecule has 2 aromatic carbocycles. The van der Waals surface area contributed by atoms with Crippen molar-refractivity contribution in [3.05, 3.63) is 115 Å². The molecule has 0 spiro atoms. The van der Waals surface area contributed by atoms with Gasteiger partial charge in [-0.05, 0) is 54.8 Å². The molecule has 11 nitrogen and oxygen atoms in total. The molecule has 0 bridgehead atoms. The van der Waals surface area contributed by atoms with Crippen LogP contribution < -0.4 is 31.6 Å². The van der Waals surface area contributed by atoms with E-state index in [1.807, 2.05) is 18.2 Å². The SMILES string of the molecule is O=C(CCCCn1c(=O)c2ccccc2n(Cc2cc(=O)n3ccccc3n2)c1=O)NCc1ccc2c(c1)OCO2. The minimum Gasteiger partial charge on any atom is -0.454 e. The zero-order valence-corrected chi connectivity index (χ0v) is 22.1. The Labute approximate surface area is 233 Å². The van der Waals surface area contributed by atoms with Gasteiger partial charge in [0.2, 0.25) is 12.7 Å². The van der Waals surface area contributed by atoms with Gasteiger partial charge in [0.15, 0.2) is 11.5 Å². The summed E-state index contributed by atoms with van der Waals surface area (Å²) >= 11 is 0. The van der Waals surface area contributed by atoms with Crippen LogP contribution in [0, 0.1) is 0 Å². The monoisotopic (exact) mass is 553 g/mol. The normalized spacial score (nSPS) is 12.2. The second-order valence-electron chi connectivity index (χ2n) is 9.78. The van der Waals surface area contributed by atoms with Crippen molar-refractivity contribution in [3.8, 4) is 11.5 Å². The Morgan fingerprint density at radius 3 is 2.63 bits per heavy atom. The molecule has 3 aromatic heterocycles. The number of unbranched alkanes of at least 4 members (excludes halogenated alkanes) is 1. The maximum Gasteiger partial charge on any atom is 0.331 e. The number of para-hydroxylation sites is 1. The van der Waals surface area contributed by atoms with E-state index in [1.54, 1.807) is 48.7 Å². The lowest BCUT2D eigenvalue weighted by atomic mass is 10.2. The van der Waals surface area contributed by atoms with Gasteiger partial charge in [0, 0.05) is 31.8 Å². The molecule has 11 heteroatoms. The van der Waals surface area contributed by atoms with E-state index in [0.717, 1.165) is 5.56 Å². The highest BCUT2D eigenvalue weighted by molar-refractivity contribution is 5.78. The van der Waals surface area contributed by atoms with E-state index in [1.165, 1.54) is 19.6 Å². The van der Waals surface area contributed by atoms with Crippen LogP contribution in [0.25, 0.3) is 16.6 Å². The Morgan fingerprint density at radius 2 is 1.73 bits per heavy atom. The molecule has 1 aliphatic heterocycles. The Kier molecular flexibility index (Phi) is 7.07. The van der Waals surface area contributed by atoms with Gasteiger partial charge in [0.25, 0.3) is 11.1 Å². The van der Waals surface area contributed by atoms with Crippen LogP contribution in [0.2, 0.25) is 0 Å². The first-order valence-corrected chi connectivity index (χ1v) is 13.3. The number of nitrogens with zero attached hydrogens (tertiary/aromatic N) is 4. The van der Waals surface area contributed by atoms with E-state index >= 15 is 0 Å². The topological polar surface area (TPSA) is 126 Å². The highest BCUT2D eigenvalue weighted by atomic mass is 16.7. The van der Waals surface area contributed by atoms with Crippen LogP contribution in [0.15, 0.2) is 87.3 Å². The number of hydrogen-bond donors (Lipinski definition) is 1. The lowest BCUT2D eigenvalue weighted by Gasteiger charge is -2.14. The number of aromatic nitrogens is 4. The van der Waals surface area contributed by atoms with E-state index in [0.29, 0.717) is 53.1 Å². The average molecular weight is 554 g/mol. The van der Waals surface area contributed by atoms with Gasteiger partial charge in [0.1, 0.15) is 5.65 Å². The third kappa shape index (κ3) is 5.33. The van der Waals surface area contributed by atoms with Gasteiger partial charge in [-0.25, -0.2) is 9.78 Å². The fourth-order valence-corrected chi connectivity index (χ4v) is 4.96. The Morgan fingerprint density at radius 1 is 0.902 bits per heavy atom. The Balaban J connectivity index is 1.15. The number of hydrogen-bond acceptors (Lipinski definition) is 7. The summed E-state index contributed by atoms with van der Waals surface area (Å²) in [5.41, 5.74) is 1.12. The first kappa shape index (κ1) is 26.1. The summed E-state index contributed by atoms with van der Waals surface area (Å²) < 4.78 is 14.8. The maximum absolute atomic E-state index is 13.5. The molecule has 4 heterocycles. The molecular formula is C30H27N5O6. The lowest BCUT2D eigenvalue weighted by molar-refractivity contribution is -0.121. The van der Waals surface area contributed by atoms with Crippen molar-refractivity contribution in [2.24, 2.45) is 0 Å². The van der Waals surface area contributed by atoms with Crippen molar-refractivity contribution in [1.29, 1.82) is 0 Å². The first-order valence-electron chi connectivity index (χ1n) is 13.3. The molecule has 0 radical (unpaired) electrons. The van der Waals surface area contributed by atoms with Gasteiger partial charge >= 0.3 is 5.69 Å². The highest BCUT2D eigenvalue weighted by Gasteiger charge is 2.16. The number of benzene rings is 2. The summed E-state index contributed by atoms with van der Waals surface area (Å²) in [4.78, 5) is 56.3. The predicted octanol–water partition coefficient (Wildman–Crippen LogP) is 2.43. The molecule has 1 N–H and O–H groups in total. The molecule has 0 unspecified atom stereocenters. The fraction of sp³-hybridized carbons (Fsp3) is 0.233. The summed E-state index contributed by atoms with van der Waals surface area (Å²) in [5.74, 6) is 1.22. The minimum absolute atomic E-state index is 0.0303. The maximum atomic E-state index is 13.5. The Bertz CT molecular complexity index is 1960. The summed E-state index contributed by atoms with van der Waals surface area (Å²) in [6, 6.07) is 19.0. The molecule has 1 amide bonds. The third-order valence-corrected chi connectivity index (χ3v) is 7.04. The van der Waals surface area contributed by atoms with Crippen molar-refractivity contribution < 1.29 is 14.3 Å². The molecule has 1 aliphatic rings. The number of nitrogens with one attached hydrogen (secondary N) is 1. The molecule has 0 aliphatic carbocycles. The van der Waals surface area contributed by atoms with Gasteiger partial charge < -0.3 is 14.8 Å². The standard InChI is InChI=1S/C30H27N5O6/c36-27(31-17-20-11-12-24-25(15-20)41-19-40-24)10-4-6-14-34-29(38)22-7-1-2-8-23(22)35(30(34)39)18-21-16-28(37)33-13-5-3-9-26(33)32-21/h1-3,5,7-9,11-13,15-16H,4,6,10,14,17-19H2,(H,31,36). The third-order valence-electron chi connectivity index (χ3n) is 7.04. The van der Waals surface area contributed by atoms with Gasteiger partial charge in [-0.15, -0.1) is 0 Å². The number of rotatable bonds is 9. The van der Waals surface area contributed by atoms with E-state index < -0.39 is 5.69 Å². The molecule has 5 aromatic rings. The van der Waals surface area contributed by atoms with Crippen molar-refractivity contribution in [1.82, 2.24) is 23.8 Å². The molecule has 0 atom stereocenters. The fourth-order valence-electron chi connectivity index (χ4n) is 4.96. The number of ether oxygens (including phenoxy) is 2. The molecule has 6 rings (SSSR count). The van der Waals surface area contributed by atoms with Crippen LogP contribution in [0.3, 0.4) is 0 Å².